The molecule has 0 unspecified atom stereocenters. The quantitative estimate of drug-likeness (QED) is 0.379. The molecule has 0 saturated carbocycles. The third kappa shape index (κ3) is 5.24. The molecule has 1 aromatic heterocycles. The Morgan fingerprint density at radius 3 is 2.38 bits per heavy atom. The average molecular weight is 461 g/mol. The fourth-order valence-electron chi connectivity index (χ4n) is 3.15. The first-order valence-electron chi connectivity index (χ1n) is 9.79. The van der Waals surface area contributed by atoms with Gasteiger partial charge in [-0.2, -0.15) is 4.31 Å². The lowest BCUT2D eigenvalue weighted by atomic mass is 10.2. The van der Waals surface area contributed by atoms with E-state index in [1.165, 1.54) is 47.8 Å². The van der Waals surface area contributed by atoms with Crippen molar-refractivity contribution in [2.24, 2.45) is 0 Å². The number of rotatable bonds is 6. The van der Waals surface area contributed by atoms with E-state index in [0.717, 1.165) is 18.9 Å². The van der Waals surface area contributed by atoms with Crippen LogP contribution in [0, 0.1) is 6.92 Å². The Balaban J connectivity index is 1.55. The topological polar surface area (TPSA) is 135 Å². The molecule has 1 aliphatic heterocycles. The largest absolute Gasteiger partial charge is 0.465 e. The minimum atomic E-state index is -3.56. The smallest absolute Gasteiger partial charge is 0.341 e. The lowest BCUT2D eigenvalue weighted by molar-refractivity contribution is -0.117. The van der Waals surface area contributed by atoms with Gasteiger partial charge in [-0.3, -0.25) is 20.4 Å². The fourth-order valence-corrected chi connectivity index (χ4v) is 4.66. The van der Waals surface area contributed by atoms with Crippen molar-refractivity contribution in [1.82, 2.24) is 15.2 Å². The molecule has 0 radical (unpaired) electrons. The molecule has 1 aromatic carbocycles. The zero-order chi connectivity index (χ0) is 23.3. The Morgan fingerprint density at radius 2 is 1.75 bits per heavy atom. The van der Waals surface area contributed by atoms with Crippen molar-refractivity contribution >= 4 is 33.9 Å². The number of hydrogen-bond acceptors (Lipinski definition) is 7. The maximum atomic E-state index is 12.5. The monoisotopic (exact) mass is 461 g/mol. The number of nitrogens with one attached hydrogen (secondary N) is 2. The Morgan fingerprint density at radius 1 is 1.09 bits per heavy atom. The van der Waals surface area contributed by atoms with E-state index < -0.39 is 27.8 Å². The molecule has 170 valence electrons. The second-order valence-electron chi connectivity index (χ2n) is 7.02. The van der Waals surface area contributed by atoms with Crippen LogP contribution < -0.4 is 10.9 Å². The molecule has 11 heteroatoms. The van der Waals surface area contributed by atoms with E-state index in [-0.39, 0.29) is 21.8 Å². The number of benzene rings is 1. The van der Waals surface area contributed by atoms with Gasteiger partial charge in [0.1, 0.15) is 17.1 Å². The molecule has 1 aliphatic rings. The molecule has 3 rings (SSSR count). The van der Waals surface area contributed by atoms with Gasteiger partial charge < -0.3 is 9.15 Å². The van der Waals surface area contributed by atoms with Crippen LogP contribution in [0.2, 0.25) is 0 Å². The van der Waals surface area contributed by atoms with Gasteiger partial charge in [-0.15, -0.1) is 0 Å². The minimum absolute atomic E-state index is 0.114. The number of aryl methyl sites for hydroxylation is 1. The maximum absolute atomic E-state index is 12.5. The number of carbonyl (C=O) groups excluding carboxylic acids is 3. The molecule has 1 fully saturated rings. The predicted octanol–water partition coefficient (Wildman–Crippen LogP) is 1.63. The summed E-state index contributed by atoms with van der Waals surface area (Å²) in [6, 6.07) is 6.91. The average Bonchev–Trinajstić information content (AvgIpc) is 3.46. The number of ether oxygens (including phenoxy) is 1. The number of nitrogens with zero attached hydrogens (tertiary/aromatic N) is 1. The van der Waals surface area contributed by atoms with Gasteiger partial charge in [0, 0.05) is 24.7 Å². The van der Waals surface area contributed by atoms with Crippen molar-refractivity contribution in [3.63, 3.8) is 0 Å². The van der Waals surface area contributed by atoms with Gasteiger partial charge in [0.05, 0.1) is 12.0 Å². The molecule has 0 aliphatic carbocycles. The zero-order valence-corrected chi connectivity index (χ0v) is 18.4. The highest BCUT2D eigenvalue weighted by atomic mass is 32.2. The molecule has 1 saturated heterocycles. The first-order valence-corrected chi connectivity index (χ1v) is 11.2. The molecule has 2 N–H and O–H groups in total. The van der Waals surface area contributed by atoms with Crippen LogP contribution in [0.4, 0.5) is 0 Å². The fraction of sp³-hybridized carbons (Fsp3) is 0.286. The molecule has 2 heterocycles. The summed E-state index contributed by atoms with van der Waals surface area (Å²) >= 11 is 0. The van der Waals surface area contributed by atoms with Crippen molar-refractivity contribution in [2.75, 3.05) is 20.2 Å². The van der Waals surface area contributed by atoms with Crippen LogP contribution >= 0.6 is 0 Å². The summed E-state index contributed by atoms with van der Waals surface area (Å²) in [7, 11) is -2.31. The molecule has 10 nitrogen and oxygen atoms in total. The Hall–Kier alpha value is -3.44. The first kappa shape index (κ1) is 23.2. The Labute approximate surface area is 185 Å². The number of hydrazine groups is 1. The van der Waals surface area contributed by atoms with Gasteiger partial charge in [0.15, 0.2) is 0 Å². The van der Waals surface area contributed by atoms with Gasteiger partial charge in [0.2, 0.25) is 10.0 Å². The van der Waals surface area contributed by atoms with Crippen LogP contribution in [0.3, 0.4) is 0 Å². The highest BCUT2D eigenvalue weighted by Gasteiger charge is 2.27. The van der Waals surface area contributed by atoms with Gasteiger partial charge in [-0.25, -0.2) is 13.2 Å². The third-order valence-corrected chi connectivity index (χ3v) is 6.77. The standard InChI is InChI=1S/C21H23N3O7S/c1-14-18(21(27)30-2)13-16(31-14)7-10-19(25)22-23-20(26)15-5-8-17(9-6-15)32(28,29)24-11-3-4-12-24/h5-10,13H,3-4,11-12H2,1-2H3,(H,22,25)(H,23,26)/b10-7+. The van der Waals surface area contributed by atoms with E-state index in [2.05, 4.69) is 15.6 Å². The van der Waals surface area contributed by atoms with E-state index in [4.69, 9.17) is 4.42 Å². The highest BCUT2D eigenvalue weighted by molar-refractivity contribution is 7.89. The molecule has 2 amide bonds. The second kappa shape index (κ2) is 9.79. The van der Waals surface area contributed by atoms with E-state index in [0.29, 0.717) is 18.8 Å². The van der Waals surface area contributed by atoms with Crippen LogP contribution in [-0.2, 0) is 19.6 Å². The molecular formula is C21H23N3O7S. The molecule has 0 spiro atoms. The minimum Gasteiger partial charge on any atom is -0.465 e. The maximum Gasteiger partial charge on any atom is 0.341 e. The van der Waals surface area contributed by atoms with Crippen LogP contribution in [0.25, 0.3) is 6.08 Å². The lowest BCUT2D eigenvalue weighted by Crippen LogP contribution is -2.40. The molecule has 0 atom stereocenters. The summed E-state index contributed by atoms with van der Waals surface area (Å²) in [6.45, 7) is 2.57. The summed E-state index contributed by atoms with van der Waals surface area (Å²) in [5.41, 5.74) is 4.88. The van der Waals surface area contributed by atoms with Crippen molar-refractivity contribution in [1.29, 1.82) is 0 Å². The number of furan rings is 1. The van der Waals surface area contributed by atoms with Gasteiger partial charge in [0.25, 0.3) is 11.8 Å². The summed E-state index contributed by atoms with van der Waals surface area (Å²) in [4.78, 5) is 35.8. The van der Waals surface area contributed by atoms with Crippen molar-refractivity contribution in [2.45, 2.75) is 24.7 Å². The van der Waals surface area contributed by atoms with Crippen molar-refractivity contribution in [3.8, 4) is 0 Å². The third-order valence-electron chi connectivity index (χ3n) is 4.86. The Kier molecular flexibility index (Phi) is 7.11. The second-order valence-corrected chi connectivity index (χ2v) is 8.96. The summed E-state index contributed by atoms with van der Waals surface area (Å²) in [6.07, 6.45) is 4.12. The Bertz CT molecular complexity index is 1140. The van der Waals surface area contributed by atoms with E-state index in [1.54, 1.807) is 6.92 Å². The predicted molar refractivity (Wildman–Crippen MR) is 114 cm³/mol. The SMILES string of the molecule is COC(=O)c1cc(/C=C/C(=O)NNC(=O)c2ccc(S(=O)(=O)N3CCCC3)cc2)oc1C. The van der Waals surface area contributed by atoms with Gasteiger partial charge >= 0.3 is 5.97 Å². The highest BCUT2D eigenvalue weighted by Crippen LogP contribution is 2.21. The van der Waals surface area contributed by atoms with Crippen LogP contribution in [0.15, 0.2) is 45.7 Å². The van der Waals surface area contributed by atoms with Crippen LogP contribution in [-0.4, -0.2) is 50.7 Å². The molecule has 2 aromatic rings. The van der Waals surface area contributed by atoms with Crippen molar-refractivity contribution < 1.29 is 32.0 Å². The van der Waals surface area contributed by atoms with E-state index in [9.17, 15) is 22.8 Å². The number of sulfonamides is 1. The lowest BCUT2D eigenvalue weighted by Gasteiger charge is -2.15. The van der Waals surface area contributed by atoms with Crippen molar-refractivity contribution in [3.05, 3.63) is 59.1 Å². The summed E-state index contributed by atoms with van der Waals surface area (Å²) < 4.78 is 36.4. The van der Waals surface area contributed by atoms with Crippen LogP contribution in [0.5, 0.6) is 0 Å². The van der Waals surface area contributed by atoms with Crippen LogP contribution in [0.1, 0.15) is 45.1 Å². The summed E-state index contributed by atoms with van der Waals surface area (Å²) in [5.74, 6) is -1.19. The first-order chi connectivity index (χ1) is 15.2. The normalized spacial score (nSPS) is 14.4. The molecular weight excluding hydrogens is 438 g/mol. The van der Waals surface area contributed by atoms with Gasteiger partial charge in [-0.05, 0) is 56.2 Å². The van der Waals surface area contributed by atoms with E-state index >= 15 is 0 Å². The summed E-state index contributed by atoms with van der Waals surface area (Å²) in [5, 5.41) is 0. The number of esters is 1. The molecule has 32 heavy (non-hydrogen) atoms. The van der Waals surface area contributed by atoms with Gasteiger partial charge in [-0.1, -0.05) is 0 Å². The number of hydrogen-bond donors (Lipinski definition) is 2. The number of methoxy groups -OCH3 is 1. The zero-order valence-electron chi connectivity index (χ0n) is 17.6. The van der Waals surface area contributed by atoms with E-state index in [1.807, 2.05) is 0 Å². The number of carbonyl (C=O) groups is 3. The molecule has 0 bridgehead atoms. The number of amides is 2.